The number of halogens is 2. The van der Waals surface area contributed by atoms with E-state index < -0.39 is 11.6 Å². The number of methoxy groups -OCH3 is 1. The van der Waals surface area contributed by atoms with Crippen molar-refractivity contribution in [2.75, 3.05) is 19.0 Å². The van der Waals surface area contributed by atoms with E-state index >= 15 is 0 Å². The molecule has 0 fully saturated rings. The summed E-state index contributed by atoms with van der Waals surface area (Å²) in [5.41, 5.74) is 1.42. The fraction of sp³-hybridized carbons (Fsp3) is 0.125. The van der Waals surface area contributed by atoms with Crippen molar-refractivity contribution in [3.05, 3.63) is 94.3 Å². The van der Waals surface area contributed by atoms with Crippen molar-refractivity contribution >= 4 is 16.7 Å². The standard InChI is InChI=1S/C24H19F2NO3/c1-29-19-8-6-18(7-9-19)27-12-11-22-23(15-3-2-4-16(25)13-15)24(28)20-14-17(26)5-10-21(20)30-22/h2-10,13-14,27H,11-12H2,1H3. The molecule has 1 heterocycles. The van der Waals surface area contributed by atoms with E-state index in [1.165, 1.54) is 30.3 Å². The Morgan fingerprint density at radius 1 is 0.967 bits per heavy atom. The number of hydrogen-bond acceptors (Lipinski definition) is 4. The molecule has 4 aromatic rings. The third kappa shape index (κ3) is 4.03. The highest BCUT2D eigenvalue weighted by Gasteiger charge is 2.17. The molecule has 0 saturated heterocycles. The van der Waals surface area contributed by atoms with Crippen LogP contribution in [-0.2, 0) is 6.42 Å². The van der Waals surface area contributed by atoms with Gasteiger partial charge in [0.2, 0.25) is 5.43 Å². The average Bonchev–Trinajstić information content (AvgIpc) is 2.75. The molecule has 0 unspecified atom stereocenters. The maximum absolute atomic E-state index is 13.8. The molecule has 1 N–H and O–H groups in total. The van der Waals surface area contributed by atoms with Gasteiger partial charge in [-0.05, 0) is 60.2 Å². The van der Waals surface area contributed by atoms with Gasteiger partial charge in [-0.25, -0.2) is 8.78 Å². The van der Waals surface area contributed by atoms with Crippen LogP contribution in [0.15, 0.2) is 75.9 Å². The van der Waals surface area contributed by atoms with Gasteiger partial charge in [0.05, 0.1) is 18.1 Å². The van der Waals surface area contributed by atoms with E-state index in [-0.39, 0.29) is 16.4 Å². The monoisotopic (exact) mass is 407 g/mol. The topological polar surface area (TPSA) is 51.5 Å². The summed E-state index contributed by atoms with van der Waals surface area (Å²) in [7, 11) is 1.60. The Hall–Kier alpha value is -3.67. The lowest BCUT2D eigenvalue weighted by Gasteiger charge is -2.12. The second-order valence-corrected chi connectivity index (χ2v) is 6.79. The van der Waals surface area contributed by atoms with E-state index in [4.69, 9.17) is 9.15 Å². The predicted molar refractivity (Wildman–Crippen MR) is 113 cm³/mol. The highest BCUT2D eigenvalue weighted by molar-refractivity contribution is 5.83. The fourth-order valence-corrected chi connectivity index (χ4v) is 3.36. The number of rotatable bonds is 6. The first kappa shape index (κ1) is 19.6. The van der Waals surface area contributed by atoms with Crippen molar-refractivity contribution in [2.45, 2.75) is 6.42 Å². The van der Waals surface area contributed by atoms with Crippen LogP contribution in [0.4, 0.5) is 14.5 Å². The lowest BCUT2D eigenvalue weighted by molar-refractivity contribution is 0.415. The molecular formula is C24H19F2NO3. The van der Waals surface area contributed by atoms with Gasteiger partial charge in [-0.3, -0.25) is 4.79 Å². The van der Waals surface area contributed by atoms with Gasteiger partial charge in [-0.1, -0.05) is 12.1 Å². The molecule has 152 valence electrons. The van der Waals surface area contributed by atoms with Crippen LogP contribution in [-0.4, -0.2) is 13.7 Å². The Morgan fingerprint density at radius 2 is 1.73 bits per heavy atom. The Morgan fingerprint density at radius 3 is 2.47 bits per heavy atom. The summed E-state index contributed by atoms with van der Waals surface area (Å²) in [4.78, 5) is 13.1. The van der Waals surface area contributed by atoms with Crippen LogP contribution in [0, 0.1) is 11.6 Å². The van der Waals surface area contributed by atoms with Gasteiger partial charge in [0.1, 0.15) is 28.7 Å². The Kier molecular flexibility index (Phi) is 5.48. The van der Waals surface area contributed by atoms with E-state index in [0.29, 0.717) is 29.9 Å². The largest absolute Gasteiger partial charge is 0.497 e. The molecule has 0 aliphatic heterocycles. The van der Waals surface area contributed by atoms with Crippen LogP contribution in [0.25, 0.3) is 22.1 Å². The van der Waals surface area contributed by atoms with Crippen LogP contribution in [0.3, 0.4) is 0 Å². The minimum atomic E-state index is -0.533. The molecule has 3 aromatic carbocycles. The van der Waals surface area contributed by atoms with Gasteiger partial charge >= 0.3 is 0 Å². The van der Waals surface area contributed by atoms with Crippen molar-refractivity contribution < 1.29 is 17.9 Å². The zero-order chi connectivity index (χ0) is 21.1. The SMILES string of the molecule is COc1ccc(NCCc2oc3ccc(F)cc3c(=O)c2-c2cccc(F)c2)cc1. The average molecular weight is 407 g/mol. The Balaban J connectivity index is 1.70. The fourth-order valence-electron chi connectivity index (χ4n) is 3.36. The molecule has 1 aromatic heterocycles. The first-order valence-electron chi connectivity index (χ1n) is 9.44. The van der Waals surface area contributed by atoms with Crippen LogP contribution >= 0.6 is 0 Å². The maximum atomic E-state index is 13.8. The van der Waals surface area contributed by atoms with Crippen molar-refractivity contribution in [1.29, 1.82) is 0 Å². The van der Waals surface area contributed by atoms with E-state index in [9.17, 15) is 13.6 Å². The minimum Gasteiger partial charge on any atom is -0.497 e. The number of benzene rings is 3. The van der Waals surface area contributed by atoms with Gasteiger partial charge in [0.25, 0.3) is 0 Å². The van der Waals surface area contributed by atoms with Crippen LogP contribution < -0.4 is 15.5 Å². The summed E-state index contributed by atoms with van der Waals surface area (Å²) in [5, 5.41) is 3.39. The van der Waals surface area contributed by atoms with E-state index in [0.717, 1.165) is 17.5 Å². The van der Waals surface area contributed by atoms with E-state index in [1.807, 2.05) is 24.3 Å². The first-order valence-corrected chi connectivity index (χ1v) is 9.44. The number of hydrogen-bond donors (Lipinski definition) is 1. The molecule has 30 heavy (non-hydrogen) atoms. The Labute approximate surface area is 171 Å². The third-order valence-electron chi connectivity index (χ3n) is 4.81. The quantitative estimate of drug-likeness (QED) is 0.465. The molecule has 0 amide bonds. The van der Waals surface area contributed by atoms with Crippen molar-refractivity contribution in [2.24, 2.45) is 0 Å². The molecule has 0 aliphatic carbocycles. The summed E-state index contributed by atoms with van der Waals surface area (Å²) in [6, 6.07) is 17.0. The van der Waals surface area contributed by atoms with Crippen molar-refractivity contribution in [1.82, 2.24) is 0 Å². The summed E-state index contributed by atoms with van der Waals surface area (Å²) in [6.45, 7) is 0.476. The highest BCUT2D eigenvalue weighted by atomic mass is 19.1. The lowest BCUT2D eigenvalue weighted by atomic mass is 10.0. The van der Waals surface area contributed by atoms with Gasteiger partial charge in [-0.2, -0.15) is 0 Å². The predicted octanol–water partition coefficient (Wildman–Crippen LogP) is 5.40. The smallest absolute Gasteiger partial charge is 0.200 e. The second-order valence-electron chi connectivity index (χ2n) is 6.79. The van der Waals surface area contributed by atoms with Crippen molar-refractivity contribution in [3.8, 4) is 16.9 Å². The molecule has 0 bridgehead atoms. The molecule has 4 nitrogen and oxygen atoms in total. The van der Waals surface area contributed by atoms with Gasteiger partial charge in [-0.15, -0.1) is 0 Å². The number of nitrogens with one attached hydrogen (secondary N) is 1. The van der Waals surface area contributed by atoms with Crippen molar-refractivity contribution in [3.63, 3.8) is 0 Å². The normalized spacial score (nSPS) is 10.9. The maximum Gasteiger partial charge on any atom is 0.200 e. The van der Waals surface area contributed by atoms with E-state index in [2.05, 4.69) is 5.32 Å². The van der Waals surface area contributed by atoms with Gasteiger partial charge in [0.15, 0.2) is 0 Å². The van der Waals surface area contributed by atoms with Crippen LogP contribution in [0.1, 0.15) is 5.76 Å². The molecular weight excluding hydrogens is 388 g/mol. The second kappa shape index (κ2) is 8.37. The molecule has 0 radical (unpaired) electrons. The first-order chi connectivity index (χ1) is 14.5. The Bertz CT molecular complexity index is 1250. The van der Waals surface area contributed by atoms with Crippen LogP contribution in [0.2, 0.25) is 0 Å². The van der Waals surface area contributed by atoms with Crippen LogP contribution in [0.5, 0.6) is 5.75 Å². The number of anilines is 1. The summed E-state index contributed by atoms with van der Waals surface area (Å²) >= 11 is 0. The van der Waals surface area contributed by atoms with E-state index in [1.54, 1.807) is 13.2 Å². The molecule has 4 rings (SSSR count). The summed E-state index contributed by atoms with van der Waals surface area (Å²) < 4.78 is 38.6. The summed E-state index contributed by atoms with van der Waals surface area (Å²) in [5.74, 6) is 0.162. The molecule has 0 saturated carbocycles. The molecule has 6 heteroatoms. The molecule has 0 atom stereocenters. The van der Waals surface area contributed by atoms with Gasteiger partial charge in [0, 0.05) is 18.7 Å². The zero-order valence-corrected chi connectivity index (χ0v) is 16.2. The lowest BCUT2D eigenvalue weighted by Crippen LogP contribution is -2.13. The zero-order valence-electron chi connectivity index (χ0n) is 16.2. The van der Waals surface area contributed by atoms with Gasteiger partial charge < -0.3 is 14.5 Å². The molecule has 0 aliphatic rings. The third-order valence-corrected chi connectivity index (χ3v) is 4.81. The number of fused-ring (bicyclic) bond motifs is 1. The summed E-state index contributed by atoms with van der Waals surface area (Å²) in [6.07, 6.45) is 0.375. The molecule has 0 spiro atoms. The minimum absolute atomic E-state index is 0.126. The highest BCUT2D eigenvalue weighted by Crippen LogP contribution is 2.26. The number of ether oxygens (including phenoxy) is 1.